The van der Waals surface area contributed by atoms with E-state index in [1.807, 2.05) is 20.8 Å². The van der Waals surface area contributed by atoms with Crippen molar-refractivity contribution in [2.75, 3.05) is 19.3 Å². The summed E-state index contributed by atoms with van der Waals surface area (Å²) in [5.41, 5.74) is -0.470. The number of carbonyl (C=O) groups is 1. The highest BCUT2D eigenvalue weighted by Gasteiger charge is 2.33. The fraction of sp³-hybridized carbons (Fsp3) is 0.923. The van der Waals surface area contributed by atoms with E-state index in [0.29, 0.717) is 13.1 Å². The molecule has 5 nitrogen and oxygen atoms in total. The van der Waals surface area contributed by atoms with Crippen molar-refractivity contribution >= 4 is 15.8 Å². The molecule has 0 amide bonds. The number of rotatable bonds is 4. The Hall–Kier alpha value is -0.460. The second-order valence-electron chi connectivity index (χ2n) is 6.57. The SMILES string of the molecule is CC(C)(C)C(O)C(=O)CC1CCCN(S(C)(=O)=O)C1. The summed E-state index contributed by atoms with van der Waals surface area (Å²) in [6.45, 7) is 6.38. The van der Waals surface area contributed by atoms with Gasteiger partial charge in [0.1, 0.15) is 6.10 Å². The van der Waals surface area contributed by atoms with Gasteiger partial charge in [-0.05, 0) is 24.2 Å². The Morgan fingerprint density at radius 1 is 1.42 bits per heavy atom. The molecular weight excluding hydrogens is 266 g/mol. The van der Waals surface area contributed by atoms with Crippen molar-refractivity contribution in [1.29, 1.82) is 0 Å². The third kappa shape index (κ3) is 4.85. The van der Waals surface area contributed by atoms with Crippen molar-refractivity contribution < 1.29 is 18.3 Å². The van der Waals surface area contributed by atoms with Gasteiger partial charge in [0.05, 0.1) is 6.26 Å². The standard InChI is InChI=1S/C13H25NO4S/c1-13(2,3)12(16)11(15)8-10-6-5-7-14(9-10)19(4,17)18/h10,12,16H,5-9H2,1-4H3. The molecule has 0 bridgehead atoms. The van der Waals surface area contributed by atoms with Crippen molar-refractivity contribution in [3.63, 3.8) is 0 Å². The van der Waals surface area contributed by atoms with Crippen LogP contribution in [0.3, 0.4) is 0 Å². The normalized spacial score (nSPS) is 24.2. The topological polar surface area (TPSA) is 74.7 Å². The Kier molecular flexibility index (Phi) is 5.15. The molecule has 0 aliphatic carbocycles. The number of hydrogen-bond acceptors (Lipinski definition) is 4. The van der Waals surface area contributed by atoms with Crippen LogP contribution in [-0.2, 0) is 14.8 Å². The first-order valence-electron chi connectivity index (χ1n) is 6.67. The summed E-state index contributed by atoms with van der Waals surface area (Å²) in [6, 6.07) is 0. The molecule has 0 saturated carbocycles. The van der Waals surface area contributed by atoms with Gasteiger partial charge in [-0.3, -0.25) is 4.79 Å². The molecule has 1 fully saturated rings. The molecule has 2 unspecified atom stereocenters. The van der Waals surface area contributed by atoms with Crippen LogP contribution in [0.1, 0.15) is 40.0 Å². The minimum absolute atomic E-state index is 0.0213. The van der Waals surface area contributed by atoms with E-state index in [9.17, 15) is 18.3 Å². The van der Waals surface area contributed by atoms with Crippen LogP contribution in [0.15, 0.2) is 0 Å². The van der Waals surface area contributed by atoms with Gasteiger partial charge in [0.15, 0.2) is 5.78 Å². The number of aliphatic hydroxyl groups is 1. The van der Waals surface area contributed by atoms with Crippen LogP contribution in [-0.4, -0.2) is 49.1 Å². The highest BCUT2D eigenvalue weighted by molar-refractivity contribution is 7.88. The molecule has 112 valence electrons. The van der Waals surface area contributed by atoms with Crippen LogP contribution >= 0.6 is 0 Å². The number of ketones is 1. The molecule has 6 heteroatoms. The van der Waals surface area contributed by atoms with Crippen molar-refractivity contribution in [2.45, 2.75) is 46.1 Å². The predicted molar refractivity (Wildman–Crippen MR) is 74.2 cm³/mol. The summed E-state index contributed by atoms with van der Waals surface area (Å²) in [4.78, 5) is 12.0. The summed E-state index contributed by atoms with van der Waals surface area (Å²) in [7, 11) is -3.18. The van der Waals surface area contributed by atoms with Crippen molar-refractivity contribution in [1.82, 2.24) is 4.31 Å². The van der Waals surface area contributed by atoms with Crippen LogP contribution < -0.4 is 0 Å². The first-order chi connectivity index (χ1) is 8.51. The maximum atomic E-state index is 12.0. The minimum atomic E-state index is -3.18. The van der Waals surface area contributed by atoms with E-state index < -0.39 is 21.5 Å². The van der Waals surface area contributed by atoms with Crippen molar-refractivity contribution in [3.8, 4) is 0 Å². The highest BCUT2D eigenvalue weighted by atomic mass is 32.2. The maximum absolute atomic E-state index is 12.0. The van der Waals surface area contributed by atoms with E-state index in [0.717, 1.165) is 12.8 Å². The molecule has 1 heterocycles. The average Bonchev–Trinajstić information content (AvgIpc) is 2.26. The minimum Gasteiger partial charge on any atom is -0.385 e. The monoisotopic (exact) mass is 291 g/mol. The number of hydrogen-bond donors (Lipinski definition) is 1. The number of sulfonamides is 1. The number of Topliss-reactive ketones (excluding diaryl/α,β-unsaturated/α-hetero) is 1. The van der Waals surface area contributed by atoms with E-state index in [4.69, 9.17) is 0 Å². The molecule has 1 aliphatic rings. The van der Waals surface area contributed by atoms with E-state index in [1.165, 1.54) is 10.6 Å². The lowest BCUT2D eigenvalue weighted by Crippen LogP contribution is -2.42. The third-order valence-corrected chi connectivity index (χ3v) is 4.84. The van der Waals surface area contributed by atoms with Gasteiger partial charge >= 0.3 is 0 Å². The number of carbonyl (C=O) groups excluding carboxylic acids is 1. The highest BCUT2D eigenvalue weighted by Crippen LogP contribution is 2.26. The molecule has 0 spiro atoms. The van der Waals surface area contributed by atoms with Crippen LogP contribution in [0.25, 0.3) is 0 Å². The van der Waals surface area contributed by atoms with Gasteiger partial charge in [-0.2, -0.15) is 0 Å². The second-order valence-corrected chi connectivity index (χ2v) is 8.55. The van der Waals surface area contributed by atoms with E-state index >= 15 is 0 Å². The Morgan fingerprint density at radius 3 is 2.47 bits per heavy atom. The van der Waals surface area contributed by atoms with Gasteiger partial charge in [-0.15, -0.1) is 0 Å². The molecule has 0 aromatic carbocycles. The van der Waals surface area contributed by atoms with Crippen LogP contribution in [0.5, 0.6) is 0 Å². The number of aliphatic hydroxyl groups excluding tert-OH is 1. The second kappa shape index (κ2) is 5.89. The van der Waals surface area contributed by atoms with Gasteiger partial charge < -0.3 is 5.11 Å². The Morgan fingerprint density at radius 2 is 2.00 bits per heavy atom. The first-order valence-corrected chi connectivity index (χ1v) is 8.52. The van der Waals surface area contributed by atoms with Crippen molar-refractivity contribution in [3.05, 3.63) is 0 Å². The van der Waals surface area contributed by atoms with E-state index in [-0.39, 0.29) is 18.1 Å². The Bertz CT molecular complexity index is 424. The summed E-state index contributed by atoms with van der Waals surface area (Å²) >= 11 is 0. The van der Waals surface area contributed by atoms with Gasteiger partial charge in [0, 0.05) is 19.5 Å². The zero-order valence-electron chi connectivity index (χ0n) is 12.2. The fourth-order valence-electron chi connectivity index (χ4n) is 2.37. The summed E-state index contributed by atoms with van der Waals surface area (Å²) in [6.07, 6.45) is 2.08. The van der Waals surface area contributed by atoms with Gasteiger partial charge in [-0.1, -0.05) is 20.8 Å². The molecule has 0 aromatic rings. The van der Waals surface area contributed by atoms with Gasteiger partial charge in [-0.25, -0.2) is 12.7 Å². The Balaban J connectivity index is 2.61. The molecule has 19 heavy (non-hydrogen) atoms. The quantitative estimate of drug-likeness (QED) is 0.839. The zero-order chi connectivity index (χ0) is 14.8. The first kappa shape index (κ1) is 16.6. The molecule has 1 N–H and O–H groups in total. The maximum Gasteiger partial charge on any atom is 0.211 e. The lowest BCUT2D eigenvalue weighted by atomic mass is 9.83. The molecular formula is C13H25NO4S. The molecule has 1 rings (SSSR count). The van der Waals surface area contributed by atoms with Crippen molar-refractivity contribution in [2.24, 2.45) is 11.3 Å². The lowest BCUT2D eigenvalue weighted by molar-refractivity contribution is -0.133. The van der Waals surface area contributed by atoms with E-state index in [2.05, 4.69) is 0 Å². The smallest absolute Gasteiger partial charge is 0.211 e. The zero-order valence-corrected chi connectivity index (χ0v) is 13.0. The Labute approximate surface area is 116 Å². The number of nitrogens with zero attached hydrogens (tertiary/aromatic N) is 1. The van der Waals surface area contributed by atoms with Gasteiger partial charge in [0.25, 0.3) is 0 Å². The van der Waals surface area contributed by atoms with Crippen LogP contribution in [0.2, 0.25) is 0 Å². The molecule has 2 atom stereocenters. The molecule has 0 radical (unpaired) electrons. The van der Waals surface area contributed by atoms with E-state index in [1.54, 1.807) is 0 Å². The molecule has 0 aromatic heterocycles. The molecule has 1 aliphatic heterocycles. The predicted octanol–water partition coefficient (Wildman–Crippen LogP) is 1.02. The van der Waals surface area contributed by atoms with Gasteiger partial charge in [0.2, 0.25) is 10.0 Å². The largest absolute Gasteiger partial charge is 0.385 e. The van der Waals surface area contributed by atoms with Crippen LogP contribution in [0, 0.1) is 11.3 Å². The molecule has 1 saturated heterocycles. The summed E-state index contributed by atoms with van der Waals surface area (Å²) < 4.78 is 24.4. The lowest BCUT2D eigenvalue weighted by Gasteiger charge is -2.32. The summed E-state index contributed by atoms with van der Waals surface area (Å²) in [5.74, 6) is -0.166. The third-order valence-electron chi connectivity index (χ3n) is 3.57. The van der Waals surface area contributed by atoms with Crippen LogP contribution in [0.4, 0.5) is 0 Å². The summed E-state index contributed by atoms with van der Waals surface area (Å²) in [5, 5.41) is 9.93. The average molecular weight is 291 g/mol. The fourth-order valence-corrected chi connectivity index (χ4v) is 3.32. The number of piperidine rings is 1.